The molecule has 0 fully saturated rings. The third-order valence-electron chi connectivity index (χ3n) is 2.88. The van der Waals surface area contributed by atoms with Crippen LogP contribution in [-0.4, -0.2) is 15.9 Å². The fraction of sp³-hybridized carbons (Fsp3) is 0.133. The lowest BCUT2D eigenvalue weighted by Crippen LogP contribution is -2.02. The van der Waals surface area contributed by atoms with Crippen molar-refractivity contribution in [3.8, 4) is 17.4 Å². The lowest BCUT2D eigenvalue weighted by Gasteiger charge is -2.08. The predicted octanol–water partition coefficient (Wildman–Crippen LogP) is 3.76. The van der Waals surface area contributed by atoms with Crippen molar-refractivity contribution >= 4 is 17.4 Å². The summed E-state index contributed by atoms with van der Waals surface area (Å²) in [5.74, 6) is 1.38. The van der Waals surface area contributed by atoms with Gasteiger partial charge in [0.15, 0.2) is 18.2 Å². The molecule has 0 spiro atoms. The highest BCUT2D eigenvalue weighted by molar-refractivity contribution is 6.31. The maximum atomic E-state index is 11.6. The molecule has 0 saturated carbocycles. The van der Waals surface area contributed by atoms with E-state index in [0.29, 0.717) is 27.9 Å². The van der Waals surface area contributed by atoms with Crippen LogP contribution in [0.1, 0.15) is 23.1 Å². The number of rotatable bonds is 5. The summed E-state index contributed by atoms with van der Waals surface area (Å²) in [5.41, 5.74) is 0.405. The number of nitrogens with zero attached hydrogens (tertiary/aromatic N) is 2. The zero-order chi connectivity index (χ0) is 15.5. The second-order valence-electron chi connectivity index (χ2n) is 4.48. The van der Waals surface area contributed by atoms with Gasteiger partial charge in [0, 0.05) is 5.02 Å². The van der Waals surface area contributed by atoms with Crippen molar-refractivity contribution in [1.82, 2.24) is 10.1 Å². The summed E-state index contributed by atoms with van der Waals surface area (Å²) in [6, 6.07) is 8.28. The Labute approximate surface area is 130 Å². The molecule has 0 atom stereocenters. The summed E-state index contributed by atoms with van der Waals surface area (Å²) in [6.45, 7) is 1.51. The minimum Gasteiger partial charge on any atom is -0.485 e. The number of Topliss-reactive ketones (excluding diaryl/α,β-unsaturated/α-hetero) is 1. The molecule has 2 aromatic heterocycles. The van der Waals surface area contributed by atoms with Gasteiger partial charge in [0.1, 0.15) is 5.75 Å². The van der Waals surface area contributed by atoms with Gasteiger partial charge in [-0.25, -0.2) is 0 Å². The van der Waals surface area contributed by atoms with Gasteiger partial charge in [-0.2, -0.15) is 4.98 Å². The van der Waals surface area contributed by atoms with E-state index in [9.17, 15) is 4.79 Å². The van der Waals surface area contributed by atoms with E-state index in [0.717, 1.165) is 0 Å². The Kier molecular flexibility index (Phi) is 3.93. The third-order valence-corrected chi connectivity index (χ3v) is 3.11. The first-order valence-electron chi connectivity index (χ1n) is 6.43. The summed E-state index contributed by atoms with van der Waals surface area (Å²) in [6.07, 6.45) is 1.52. The Bertz CT molecular complexity index is 796. The van der Waals surface area contributed by atoms with Crippen LogP contribution in [-0.2, 0) is 6.61 Å². The second kappa shape index (κ2) is 6.03. The van der Waals surface area contributed by atoms with Crippen LogP contribution in [0.15, 0.2) is 45.5 Å². The van der Waals surface area contributed by atoms with Crippen molar-refractivity contribution in [3.63, 3.8) is 0 Å². The zero-order valence-electron chi connectivity index (χ0n) is 11.6. The number of aromatic nitrogens is 2. The highest BCUT2D eigenvalue weighted by atomic mass is 35.5. The normalized spacial score (nSPS) is 10.6. The average molecular weight is 319 g/mol. The van der Waals surface area contributed by atoms with E-state index in [1.807, 2.05) is 0 Å². The standard InChI is InChI=1S/C15H11ClN2O4/c1-9(19)11-7-10(16)4-5-12(11)21-8-14-17-15(22-18-14)13-3-2-6-20-13/h2-7H,8H2,1H3. The smallest absolute Gasteiger partial charge is 0.293 e. The first-order chi connectivity index (χ1) is 10.6. The van der Waals surface area contributed by atoms with Crippen LogP contribution in [0, 0.1) is 0 Å². The van der Waals surface area contributed by atoms with Gasteiger partial charge < -0.3 is 13.7 Å². The minimum atomic E-state index is -0.137. The minimum absolute atomic E-state index is 0.0616. The molecule has 0 aliphatic rings. The number of carbonyl (C=O) groups excluding carboxylic acids is 1. The Morgan fingerprint density at radius 2 is 2.23 bits per heavy atom. The molecule has 0 N–H and O–H groups in total. The molecular formula is C15H11ClN2O4. The van der Waals surface area contributed by atoms with Crippen LogP contribution in [0.4, 0.5) is 0 Å². The fourth-order valence-corrected chi connectivity index (χ4v) is 2.03. The van der Waals surface area contributed by atoms with E-state index in [-0.39, 0.29) is 18.3 Å². The molecule has 3 rings (SSSR count). The first kappa shape index (κ1) is 14.3. The van der Waals surface area contributed by atoms with E-state index in [1.165, 1.54) is 13.2 Å². The van der Waals surface area contributed by atoms with Gasteiger partial charge in [-0.1, -0.05) is 16.8 Å². The van der Waals surface area contributed by atoms with E-state index < -0.39 is 0 Å². The maximum absolute atomic E-state index is 11.6. The number of hydrogen-bond donors (Lipinski definition) is 0. The quantitative estimate of drug-likeness (QED) is 0.666. The van der Waals surface area contributed by atoms with Crippen molar-refractivity contribution in [3.05, 3.63) is 53.0 Å². The largest absolute Gasteiger partial charge is 0.485 e. The molecule has 7 heteroatoms. The highest BCUT2D eigenvalue weighted by Crippen LogP contribution is 2.24. The molecule has 0 unspecified atom stereocenters. The zero-order valence-corrected chi connectivity index (χ0v) is 12.3. The molecule has 0 bridgehead atoms. The number of carbonyl (C=O) groups is 1. The van der Waals surface area contributed by atoms with Crippen molar-refractivity contribution < 1.29 is 18.5 Å². The molecule has 0 saturated heterocycles. The van der Waals surface area contributed by atoms with Gasteiger partial charge in [-0.3, -0.25) is 4.79 Å². The van der Waals surface area contributed by atoms with Gasteiger partial charge in [-0.15, -0.1) is 0 Å². The SMILES string of the molecule is CC(=O)c1cc(Cl)ccc1OCc1noc(-c2ccco2)n1. The molecule has 0 aliphatic heterocycles. The lowest BCUT2D eigenvalue weighted by atomic mass is 10.1. The van der Waals surface area contributed by atoms with E-state index >= 15 is 0 Å². The summed E-state index contributed by atoms with van der Waals surface area (Å²) in [5, 5.41) is 4.27. The Hall–Kier alpha value is -2.60. The Balaban J connectivity index is 1.74. The van der Waals surface area contributed by atoms with Crippen molar-refractivity contribution in [2.45, 2.75) is 13.5 Å². The summed E-state index contributed by atoms with van der Waals surface area (Å²) in [4.78, 5) is 15.7. The molecule has 0 aliphatic carbocycles. The third kappa shape index (κ3) is 3.01. The van der Waals surface area contributed by atoms with Gasteiger partial charge >= 0.3 is 0 Å². The average Bonchev–Trinajstić information content (AvgIpc) is 3.16. The van der Waals surface area contributed by atoms with Crippen molar-refractivity contribution in [1.29, 1.82) is 0 Å². The summed E-state index contributed by atoms with van der Waals surface area (Å²) >= 11 is 5.88. The van der Waals surface area contributed by atoms with Gasteiger partial charge in [-0.05, 0) is 37.3 Å². The molecule has 6 nitrogen and oxygen atoms in total. The highest BCUT2D eigenvalue weighted by Gasteiger charge is 2.13. The Morgan fingerprint density at radius 1 is 1.36 bits per heavy atom. The first-order valence-corrected chi connectivity index (χ1v) is 6.81. The van der Waals surface area contributed by atoms with E-state index in [1.54, 1.807) is 30.3 Å². The molecule has 3 aromatic rings. The molecule has 0 amide bonds. The summed E-state index contributed by atoms with van der Waals surface area (Å²) in [7, 11) is 0. The number of ketones is 1. The molecule has 2 heterocycles. The van der Waals surface area contributed by atoms with Crippen LogP contribution in [0.2, 0.25) is 5.02 Å². The van der Waals surface area contributed by atoms with Crippen LogP contribution in [0.5, 0.6) is 5.75 Å². The van der Waals surface area contributed by atoms with Gasteiger partial charge in [0.05, 0.1) is 11.8 Å². The second-order valence-corrected chi connectivity index (χ2v) is 4.91. The molecule has 22 heavy (non-hydrogen) atoms. The van der Waals surface area contributed by atoms with Crippen LogP contribution in [0.3, 0.4) is 0 Å². The predicted molar refractivity (Wildman–Crippen MR) is 77.8 cm³/mol. The van der Waals surface area contributed by atoms with Gasteiger partial charge in [0.25, 0.3) is 5.89 Å². The lowest BCUT2D eigenvalue weighted by molar-refractivity contribution is 0.101. The van der Waals surface area contributed by atoms with Crippen LogP contribution >= 0.6 is 11.6 Å². The maximum Gasteiger partial charge on any atom is 0.293 e. The van der Waals surface area contributed by atoms with E-state index in [2.05, 4.69) is 10.1 Å². The van der Waals surface area contributed by atoms with Crippen LogP contribution in [0.25, 0.3) is 11.7 Å². The number of furan rings is 1. The summed E-state index contributed by atoms with van der Waals surface area (Å²) < 4.78 is 15.8. The molecule has 112 valence electrons. The molecular weight excluding hydrogens is 308 g/mol. The van der Waals surface area contributed by atoms with Gasteiger partial charge in [0.2, 0.25) is 5.82 Å². The number of benzene rings is 1. The fourth-order valence-electron chi connectivity index (χ4n) is 1.86. The molecule has 1 aromatic carbocycles. The topological polar surface area (TPSA) is 78.4 Å². The number of halogens is 1. The van der Waals surface area contributed by atoms with Crippen LogP contribution < -0.4 is 4.74 Å². The number of ether oxygens (including phenoxy) is 1. The van der Waals surface area contributed by atoms with Crippen molar-refractivity contribution in [2.24, 2.45) is 0 Å². The van der Waals surface area contributed by atoms with Crippen molar-refractivity contribution in [2.75, 3.05) is 0 Å². The number of hydrogen-bond acceptors (Lipinski definition) is 6. The Morgan fingerprint density at radius 3 is 2.95 bits per heavy atom. The monoisotopic (exact) mass is 318 g/mol. The molecule has 0 radical (unpaired) electrons. The van der Waals surface area contributed by atoms with E-state index in [4.69, 9.17) is 25.3 Å².